The third kappa shape index (κ3) is 35.7. The lowest BCUT2D eigenvalue weighted by atomic mass is 10.1. The number of allylic oxidation sites excluding steroid dienone is 12. The summed E-state index contributed by atoms with van der Waals surface area (Å²) in [5.41, 5.74) is 0. The van der Waals surface area contributed by atoms with Crippen LogP contribution in [0.2, 0.25) is 0 Å². The van der Waals surface area contributed by atoms with Gasteiger partial charge in [-0.2, -0.15) is 0 Å². The zero-order valence-electron chi connectivity index (χ0n) is 31.1. The summed E-state index contributed by atoms with van der Waals surface area (Å²) >= 11 is 0. The molecule has 3 N–H and O–H groups in total. The maximum atomic E-state index is 12.4. The minimum Gasteiger partial charge on any atom is -0.457 e. The molecule has 0 saturated carbocycles. The van der Waals surface area contributed by atoms with Crippen molar-refractivity contribution in [2.75, 3.05) is 33.0 Å². The lowest BCUT2D eigenvalue weighted by Crippen LogP contribution is -2.29. The van der Waals surface area contributed by atoms with Gasteiger partial charge in [-0.15, -0.1) is 0 Å². The number of aliphatic hydroxyl groups excluding tert-OH is 2. The van der Waals surface area contributed by atoms with E-state index in [0.717, 1.165) is 89.9 Å². The van der Waals surface area contributed by atoms with Gasteiger partial charge in [0.25, 0.3) is 0 Å². The molecule has 0 aliphatic rings. The first-order chi connectivity index (χ1) is 24.3. The number of unbranched alkanes of at least 4 members (excludes halogenated alkanes) is 9. The molecular weight excluding hydrogens is 655 g/mol. The van der Waals surface area contributed by atoms with Crippen molar-refractivity contribution in [1.29, 1.82) is 0 Å². The highest BCUT2D eigenvalue weighted by molar-refractivity contribution is 7.47. The fraction of sp³-hybridized carbons (Fsp3) is 0.675. The van der Waals surface area contributed by atoms with Crippen LogP contribution in [0.15, 0.2) is 72.9 Å². The van der Waals surface area contributed by atoms with Gasteiger partial charge in [-0.05, 0) is 64.2 Å². The smallest absolute Gasteiger partial charge is 0.457 e. The molecule has 0 aromatic heterocycles. The van der Waals surface area contributed by atoms with Gasteiger partial charge in [0.1, 0.15) is 12.2 Å². The maximum Gasteiger partial charge on any atom is 0.472 e. The molecule has 0 aliphatic heterocycles. The second kappa shape index (κ2) is 36.7. The van der Waals surface area contributed by atoms with Crippen LogP contribution in [0, 0.1) is 0 Å². The van der Waals surface area contributed by atoms with Gasteiger partial charge in [-0.3, -0.25) is 13.8 Å². The van der Waals surface area contributed by atoms with Gasteiger partial charge in [0.05, 0.1) is 26.4 Å². The number of phosphoric acid groups is 1. The molecule has 0 saturated heterocycles. The molecule has 288 valence electrons. The SMILES string of the molecule is CC/C=C\C/C=C\C/C=C\C/C=C\C/C=C\C/C=C\CCCCCOCC(COP(=O)(O)OCC(O)CO)OC(=O)CCCCCCCCC. The largest absolute Gasteiger partial charge is 0.472 e. The van der Waals surface area contributed by atoms with Crippen LogP contribution in [-0.2, 0) is 27.9 Å². The zero-order chi connectivity index (χ0) is 36.8. The maximum absolute atomic E-state index is 12.4. The van der Waals surface area contributed by atoms with Gasteiger partial charge < -0.3 is 24.6 Å². The Kier molecular flexibility index (Phi) is 35.1. The molecule has 3 atom stereocenters. The van der Waals surface area contributed by atoms with E-state index in [2.05, 4.69) is 86.8 Å². The predicted octanol–water partition coefficient (Wildman–Crippen LogP) is 9.80. The topological polar surface area (TPSA) is 132 Å². The van der Waals surface area contributed by atoms with Crippen LogP contribution in [0.1, 0.15) is 129 Å². The lowest BCUT2D eigenvalue weighted by Gasteiger charge is -2.20. The zero-order valence-corrected chi connectivity index (χ0v) is 32.0. The van der Waals surface area contributed by atoms with E-state index in [1.54, 1.807) is 0 Å². The van der Waals surface area contributed by atoms with Gasteiger partial charge in [-0.25, -0.2) is 4.57 Å². The molecule has 0 aromatic carbocycles. The van der Waals surface area contributed by atoms with E-state index < -0.39 is 45.8 Å². The standard InChI is InChI=1S/C40H69O9P/c1-3-5-7-9-11-12-13-14-15-16-17-18-19-20-21-22-23-24-25-27-29-31-33-46-36-39(37-48-50(44,45)47-35-38(42)34-41)49-40(43)32-30-28-26-10-8-6-4-2/h5,7,11-12,14-15,17-18,20-21,23-24,38-39,41-42H,3-4,6,8-10,13,16,19,22,25-37H2,1-2H3,(H,44,45)/b7-5-,12-11-,15-14-,18-17-,21-20-,24-23-. The number of phosphoric ester groups is 1. The molecule has 50 heavy (non-hydrogen) atoms. The molecule has 3 unspecified atom stereocenters. The molecule has 0 bridgehead atoms. The third-order valence-electron chi connectivity index (χ3n) is 7.41. The van der Waals surface area contributed by atoms with Crippen molar-refractivity contribution in [2.24, 2.45) is 0 Å². The second-order valence-electron chi connectivity index (χ2n) is 12.2. The fourth-order valence-corrected chi connectivity index (χ4v) is 5.32. The van der Waals surface area contributed by atoms with E-state index >= 15 is 0 Å². The number of aliphatic hydroxyl groups is 2. The summed E-state index contributed by atoms with van der Waals surface area (Å²) in [5.74, 6) is -0.406. The van der Waals surface area contributed by atoms with Crippen molar-refractivity contribution in [3.8, 4) is 0 Å². The Morgan fingerprint density at radius 1 is 0.640 bits per heavy atom. The number of hydrogen-bond acceptors (Lipinski definition) is 8. The van der Waals surface area contributed by atoms with E-state index in [0.29, 0.717) is 6.61 Å². The monoisotopic (exact) mass is 724 g/mol. The molecule has 0 heterocycles. The minimum absolute atomic E-state index is 0.0230. The normalized spacial score (nSPS) is 15.1. The van der Waals surface area contributed by atoms with E-state index in [-0.39, 0.29) is 13.0 Å². The summed E-state index contributed by atoms with van der Waals surface area (Å²) in [5, 5.41) is 18.2. The Morgan fingerprint density at radius 3 is 1.70 bits per heavy atom. The van der Waals surface area contributed by atoms with E-state index in [1.165, 1.54) is 19.3 Å². The Labute approximate surface area is 303 Å². The van der Waals surface area contributed by atoms with Gasteiger partial charge in [0.15, 0.2) is 0 Å². The van der Waals surface area contributed by atoms with Crippen LogP contribution in [0.4, 0.5) is 0 Å². The molecule has 10 heteroatoms. The molecule has 0 radical (unpaired) electrons. The molecule has 0 amide bonds. The summed E-state index contributed by atoms with van der Waals surface area (Å²) in [4.78, 5) is 22.3. The summed E-state index contributed by atoms with van der Waals surface area (Å²) in [6, 6.07) is 0. The number of ether oxygens (including phenoxy) is 2. The molecule has 0 aromatic rings. The summed E-state index contributed by atoms with van der Waals surface area (Å²) in [6.07, 6.45) is 41.7. The molecule has 0 spiro atoms. The second-order valence-corrected chi connectivity index (χ2v) is 13.7. The average molecular weight is 725 g/mol. The van der Waals surface area contributed by atoms with E-state index in [1.807, 2.05) is 0 Å². The van der Waals surface area contributed by atoms with Gasteiger partial charge in [0.2, 0.25) is 0 Å². The first kappa shape index (κ1) is 47.9. The summed E-state index contributed by atoms with van der Waals surface area (Å²) in [6.45, 7) is 3.23. The summed E-state index contributed by atoms with van der Waals surface area (Å²) < 4.78 is 33.1. The van der Waals surface area contributed by atoms with Crippen LogP contribution >= 0.6 is 7.82 Å². The highest BCUT2D eigenvalue weighted by atomic mass is 31.2. The first-order valence-electron chi connectivity index (χ1n) is 18.9. The molecule has 0 rings (SSSR count). The van der Waals surface area contributed by atoms with Crippen molar-refractivity contribution in [1.82, 2.24) is 0 Å². The van der Waals surface area contributed by atoms with Crippen molar-refractivity contribution in [3.63, 3.8) is 0 Å². The Morgan fingerprint density at radius 2 is 1.14 bits per heavy atom. The van der Waals surface area contributed by atoms with E-state index in [4.69, 9.17) is 23.6 Å². The van der Waals surface area contributed by atoms with Crippen LogP contribution in [-0.4, -0.2) is 66.3 Å². The van der Waals surface area contributed by atoms with Crippen LogP contribution in [0.5, 0.6) is 0 Å². The fourth-order valence-electron chi connectivity index (χ4n) is 4.53. The van der Waals surface area contributed by atoms with Gasteiger partial charge >= 0.3 is 13.8 Å². The minimum atomic E-state index is -4.52. The highest BCUT2D eigenvalue weighted by Gasteiger charge is 2.26. The van der Waals surface area contributed by atoms with Crippen LogP contribution in [0.3, 0.4) is 0 Å². The lowest BCUT2D eigenvalue weighted by molar-refractivity contribution is -0.154. The third-order valence-corrected chi connectivity index (χ3v) is 8.36. The predicted molar refractivity (Wildman–Crippen MR) is 205 cm³/mol. The Bertz CT molecular complexity index is 1000. The van der Waals surface area contributed by atoms with Crippen LogP contribution in [0.25, 0.3) is 0 Å². The van der Waals surface area contributed by atoms with Crippen molar-refractivity contribution in [2.45, 2.75) is 142 Å². The number of esters is 1. The molecule has 0 fully saturated rings. The van der Waals surface area contributed by atoms with Gasteiger partial charge in [-0.1, -0.05) is 132 Å². The molecule has 9 nitrogen and oxygen atoms in total. The highest BCUT2D eigenvalue weighted by Crippen LogP contribution is 2.43. The van der Waals surface area contributed by atoms with Crippen molar-refractivity contribution >= 4 is 13.8 Å². The number of hydrogen-bond donors (Lipinski definition) is 3. The molecular formula is C40H69O9P. The summed E-state index contributed by atoms with van der Waals surface area (Å²) in [7, 11) is -4.52. The Balaban J connectivity index is 4.20. The number of rotatable bonds is 35. The number of carbonyl (C=O) groups excluding carboxylic acids is 1. The first-order valence-corrected chi connectivity index (χ1v) is 20.4. The van der Waals surface area contributed by atoms with Gasteiger partial charge in [0, 0.05) is 13.0 Å². The van der Waals surface area contributed by atoms with E-state index in [9.17, 15) is 19.4 Å². The number of carbonyl (C=O) groups is 1. The van der Waals surface area contributed by atoms with Crippen molar-refractivity contribution < 1.29 is 43.0 Å². The molecule has 0 aliphatic carbocycles. The van der Waals surface area contributed by atoms with Crippen molar-refractivity contribution in [3.05, 3.63) is 72.9 Å². The van der Waals surface area contributed by atoms with Crippen LogP contribution < -0.4 is 0 Å². The average Bonchev–Trinajstić information content (AvgIpc) is 3.10. The quantitative estimate of drug-likeness (QED) is 0.0253. The Hall–Kier alpha value is -2.10.